The Labute approximate surface area is 109 Å². The van der Waals surface area contributed by atoms with Gasteiger partial charge in [-0.2, -0.15) is 0 Å². The number of aromatic nitrogens is 3. The van der Waals surface area contributed by atoms with E-state index in [9.17, 15) is 0 Å². The summed E-state index contributed by atoms with van der Waals surface area (Å²) in [6.07, 6.45) is 3.77. The molecule has 0 bridgehead atoms. The van der Waals surface area contributed by atoms with Crippen LogP contribution in [-0.4, -0.2) is 14.5 Å². The van der Waals surface area contributed by atoms with Crippen molar-refractivity contribution in [3.05, 3.63) is 53.8 Å². The van der Waals surface area contributed by atoms with Crippen LogP contribution in [0.2, 0.25) is 0 Å². The Bertz CT molecular complexity index is 643. The van der Waals surface area contributed by atoms with Gasteiger partial charge < -0.3 is 10.3 Å². The first-order chi connectivity index (χ1) is 8.83. The molecule has 90 valence electrons. The van der Waals surface area contributed by atoms with E-state index in [2.05, 4.69) is 20.6 Å². The molecular weight excluding hydrogens is 244 g/mol. The minimum Gasteiger partial charge on any atom is -0.384 e. The van der Waals surface area contributed by atoms with Gasteiger partial charge in [0.05, 0.1) is 17.1 Å². The van der Waals surface area contributed by atoms with Gasteiger partial charge in [0.25, 0.3) is 0 Å². The highest BCUT2D eigenvalue weighted by Crippen LogP contribution is 2.23. The molecule has 0 spiro atoms. The highest BCUT2D eigenvalue weighted by atomic mass is 32.1. The van der Waals surface area contributed by atoms with E-state index in [0.717, 1.165) is 16.4 Å². The van der Waals surface area contributed by atoms with Crippen molar-refractivity contribution in [2.75, 3.05) is 5.73 Å². The van der Waals surface area contributed by atoms with Gasteiger partial charge in [0.2, 0.25) is 0 Å². The van der Waals surface area contributed by atoms with E-state index in [0.29, 0.717) is 12.4 Å². The Morgan fingerprint density at radius 1 is 1.22 bits per heavy atom. The van der Waals surface area contributed by atoms with E-state index in [1.54, 1.807) is 23.6 Å². The molecule has 3 rings (SSSR count). The zero-order valence-electron chi connectivity index (χ0n) is 9.65. The third-order valence-corrected chi connectivity index (χ3v) is 3.48. The molecule has 0 fully saturated rings. The molecule has 0 unspecified atom stereocenters. The summed E-state index contributed by atoms with van der Waals surface area (Å²) in [6, 6.07) is 9.76. The monoisotopic (exact) mass is 256 g/mol. The van der Waals surface area contributed by atoms with Crippen LogP contribution in [-0.2, 0) is 6.54 Å². The fraction of sp³-hybridized carbons (Fsp3) is 0.0769. The van der Waals surface area contributed by atoms with Gasteiger partial charge in [0.15, 0.2) is 0 Å². The van der Waals surface area contributed by atoms with Crippen molar-refractivity contribution >= 4 is 17.2 Å². The summed E-state index contributed by atoms with van der Waals surface area (Å²) >= 11 is 1.68. The van der Waals surface area contributed by atoms with Crippen molar-refractivity contribution in [2.45, 2.75) is 6.54 Å². The molecule has 3 aromatic heterocycles. The molecular formula is C13H12N4S. The van der Waals surface area contributed by atoms with Gasteiger partial charge in [-0.1, -0.05) is 12.1 Å². The van der Waals surface area contributed by atoms with Crippen LogP contribution in [0.15, 0.2) is 48.1 Å². The van der Waals surface area contributed by atoms with Crippen molar-refractivity contribution in [2.24, 2.45) is 0 Å². The predicted molar refractivity (Wildman–Crippen MR) is 73.3 cm³/mol. The second kappa shape index (κ2) is 4.62. The number of nitrogen functional groups attached to an aromatic ring is 1. The van der Waals surface area contributed by atoms with Gasteiger partial charge in [0.1, 0.15) is 11.6 Å². The number of pyridine rings is 1. The number of hydrogen-bond acceptors (Lipinski definition) is 4. The van der Waals surface area contributed by atoms with E-state index < -0.39 is 0 Å². The molecule has 0 aliphatic carbocycles. The fourth-order valence-corrected chi connectivity index (χ4v) is 2.56. The first-order valence-corrected chi connectivity index (χ1v) is 6.47. The molecule has 0 atom stereocenters. The van der Waals surface area contributed by atoms with Crippen LogP contribution in [0.25, 0.3) is 10.7 Å². The van der Waals surface area contributed by atoms with Gasteiger partial charge in [0, 0.05) is 12.4 Å². The van der Waals surface area contributed by atoms with Crippen LogP contribution in [0.4, 0.5) is 5.82 Å². The van der Waals surface area contributed by atoms with Crippen LogP contribution >= 0.6 is 11.3 Å². The van der Waals surface area contributed by atoms with Crippen molar-refractivity contribution < 1.29 is 0 Å². The number of anilines is 1. The molecule has 0 saturated carbocycles. The first-order valence-electron chi connectivity index (χ1n) is 5.59. The standard InChI is InChI=1S/C13H12N4S/c14-12-5-1-3-10(16-12)9-17-7-6-15-13(17)11-4-2-8-18-11/h1-8H,9H2,(H2,14,16). The fourth-order valence-electron chi connectivity index (χ4n) is 1.83. The smallest absolute Gasteiger partial charge is 0.150 e. The maximum absolute atomic E-state index is 5.69. The lowest BCUT2D eigenvalue weighted by atomic mass is 10.3. The van der Waals surface area contributed by atoms with Crippen LogP contribution in [0.5, 0.6) is 0 Å². The zero-order chi connectivity index (χ0) is 12.4. The molecule has 5 heteroatoms. The van der Waals surface area contributed by atoms with Crippen LogP contribution in [0.3, 0.4) is 0 Å². The van der Waals surface area contributed by atoms with E-state index >= 15 is 0 Å². The minimum atomic E-state index is 0.547. The molecule has 2 N–H and O–H groups in total. The van der Waals surface area contributed by atoms with Gasteiger partial charge in [-0.05, 0) is 23.6 Å². The molecule has 3 heterocycles. The summed E-state index contributed by atoms with van der Waals surface area (Å²) in [6.45, 7) is 0.679. The Hall–Kier alpha value is -2.14. The molecule has 18 heavy (non-hydrogen) atoms. The van der Waals surface area contributed by atoms with Crippen molar-refractivity contribution in [1.82, 2.24) is 14.5 Å². The summed E-state index contributed by atoms with van der Waals surface area (Å²) in [5.74, 6) is 1.51. The second-order valence-electron chi connectivity index (χ2n) is 3.91. The molecule has 0 radical (unpaired) electrons. The number of thiophene rings is 1. The summed E-state index contributed by atoms with van der Waals surface area (Å²) in [5, 5.41) is 2.05. The number of imidazole rings is 1. The Kier molecular flexibility index (Phi) is 2.82. The van der Waals surface area contributed by atoms with Crippen LogP contribution in [0.1, 0.15) is 5.69 Å². The molecule has 0 aliphatic heterocycles. The van der Waals surface area contributed by atoms with E-state index in [-0.39, 0.29) is 0 Å². The first kappa shape index (κ1) is 11.0. The van der Waals surface area contributed by atoms with E-state index in [1.165, 1.54) is 0 Å². The third-order valence-electron chi connectivity index (χ3n) is 2.62. The molecule has 0 aromatic carbocycles. The molecule has 0 saturated heterocycles. The average molecular weight is 256 g/mol. The highest BCUT2D eigenvalue weighted by Gasteiger charge is 2.07. The largest absolute Gasteiger partial charge is 0.384 e. The molecule has 0 aliphatic rings. The maximum atomic E-state index is 5.69. The number of nitrogens with zero attached hydrogens (tertiary/aromatic N) is 3. The SMILES string of the molecule is Nc1cccc(Cn2ccnc2-c2cccs2)n1. The minimum absolute atomic E-state index is 0.547. The lowest BCUT2D eigenvalue weighted by Crippen LogP contribution is -2.03. The normalized spacial score (nSPS) is 10.7. The van der Waals surface area contributed by atoms with Crippen molar-refractivity contribution in [3.8, 4) is 10.7 Å². The summed E-state index contributed by atoms with van der Waals surface area (Å²) in [7, 11) is 0. The van der Waals surface area contributed by atoms with Crippen molar-refractivity contribution in [1.29, 1.82) is 0 Å². The van der Waals surface area contributed by atoms with Gasteiger partial charge in [-0.25, -0.2) is 9.97 Å². The average Bonchev–Trinajstić information content (AvgIpc) is 2.98. The number of rotatable bonds is 3. The third kappa shape index (κ3) is 2.12. The molecule has 4 nitrogen and oxygen atoms in total. The maximum Gasteiger partial charge on any atom is 0.150 e. The van der Waals surface area contributed by atoms with Crippen LogP contribution < -0.4 is 5.73 Å². The zero-order valence-corrected chi connectivity index (χ0v) is 10.5. The Balaban J connectivity index is 1.92. The van der Waals surface area contributed by atoms with Crippen molar-refractivity contribution in [3.63, 3.8) is 0 Å². The second-order valence-corrected chi connectivity index (χ2v) is 4.86. The summed E-state index contributed by atoms with van der Waals surface area (Å²) in [4.78, 5) is 9.85. The Morgan fingerprint density at radius 3 is 2.94 bits per heavy atom. The quantitative estimate of drug-likeness (QED) is 0.783. The predicted octanol–water partition coefficient (Wildman–Crippen LogP) is 2.64. The number of hydrogen-bond donors (Lipinski definition) is 1. The van der Waals surface area contributed by atoms with Gasteiger partial charge in [-0.15, -0.1) is 11.3 Å². The molecule has 0 amide bonds. The van der Waals surface area contributed by atoms with Crippen LogP contribution in [0, 0.1) is 0 Å². The van der Waals surface area contributed by atoms with Gasteiger partial charge >= 0.3 is 0 Å². The summed E-state index contributed by atoms with van der Waals surface area (Å²) in [5.41, 5.74) is 6.62. The molecule has 3 aromatic rings. The Morgan fingerprint density at radius 2 is 2.17 bits per heavy atom. The topological polar surface area (TPSA) is 56.7 Å². The lowest BCUT2D eigenvalue weighted by Gasteiger charge is -2.06. The number of nitrogens with two attached hydrogens (primary N) is 1. The highest BCUT2D eigenvalue weighted by molar-refractivity contribution is 7.13. The van der Waals surface area contributed by atoms with E-state index in [4.69, 9.17) is 5.73 Å². The lowest BCUT2D eigenvalue weighted by molar-refractivity contribution is 0.785. The summed E-state index contributed by atoms with van der Waals surface area (Å²) < 4.78 is 2.08. The van der Waals surface area contributed by atoms with Gasteiger partial charge in [-0.3, -0.25) is 0 Å². The van der Waals surface area contributed by atoms with E-state index in [1.807, 2.05) is 29.8 Å².